The minimum atomic E-state index is -0.487. The Bertz CT molecular complexity index is 831. The Hall–Kier alpha value is -1.62. The lowest BCUT2D eigenvalue weighted by Gasteiger charge is -2.48. The van der Waals surface area contributed by atoms with Gasteiger partial charge in [0.15, 0.2) is 5.78 Å². The first-order chi connectivity index (χ1) is 14.5. The van der Waals surface area contributed by atoms with Gasteiger partial charge in [0.25, 0.3) is 5.91 Å². The lowest BCUT2D eigenvalue weighted by molar-refractivity contribution is -0.126. The zero-order chi connectivity index (χ0) is 22.8. The molecule has 5 heteroatoms. The Morgan fingerprint density at radius 2 is 1.90 bits per heavy atom. The van der Waals surface area contributed by atoms with Crippen molar-refractivity contribution in [3.8, 4) is 0 Å². The maximum Gasteiger partial charge on any atom is 0.261 e. The quantitative estimate of drug-likeness (QED) is 0.234. The number of carbonyl (C=O) groups excluding carboxylic acids is 2. The van der Waals surface area contributed by atoms with Gasteiger partial charge in [-0.25, -0.2) is 0 Å². The topological polar surface area (TPSA) is 70.1 Å². The van der Waals surface area contributed by atoms with Gasteiger partial charge in [-0.3, -0.25) is 9.59 Å². The van der Waals surface area contributed by atoms with Crippen molar-refractivity contribution in [2.45, 2.75) is 78.6 Å². The molecule has 2 saturated heterocycles. The molecule has 0 spiro atoms. The molecule has 5 nitrogen and oxygen atoms in total. The van der Waals surface area contributed by atoms with Crippen molar-refractivity contribution in [2.75, 3.05) is 7.05 Å². The van der Waals surface area contributed by atoms with Gasteiger partial charge in [-0.15, -0.1) is 0 Å². The van der Waals surface area contributed by atoms with Crippen LogP contribution in [-0.4, -0.2) is 46.5 Å². The molecule has 0 aromatic rings. The van der Waals surface area contributed by atoms with Gasteiger partial charge in [0.2, 0.25) is 0 Å². The molecule has 0 bridgehead atoms. The van der Waals surface area contributed by atoms with Crippen molar-refractivity contribution in [1.82, 2.24) is 4.90 Å². The number of epoxide rings is 1. The summed E-state index contributed by atoms with van der Waals surface area (Å²) in [5.74, 6) is 0.829. The van der Waals surface area contributed by atoms with Gasteiger partial charge < -0.3 is 14.7 Å². The summed E-state index contributed by atoms with van der Waals surface area (Å²) in [5.41, 5.74) is -0.338. The van der Waals surface area contributed by atoms with Crippen molar-refractivity contribution in [3.05, 3.63) is 23.5 Å². The van der Waals surface area contributed by atoms with E-state index < -0.39 is 6.04 Å². The highest BCUT2D eigenvalue weighted by molar-refractivity contribution is 6.26. The van der Waals surface area contributed by atoms with Crippen LogP contribution in [0.15, 0.2) is 23.5 Å². The summed E-state index contributed by atoms with van der Waals surface area (Å²) >= 11 is 0. The van der Waals surface area contributed by atoms with E-state index in [1.807, 2.05) is 13.8 Å². The number of aliphatic hydroxyl groups is 1. The van der Waals surface area contributed by atoms with Gasteiger partial charge >= 0.3 is 0 Å². The molecule has 0 radical (unpaired) electrons. The third kappa shape index (κ3) is 3.39. The molecule has 4 aliphatic rings. The molecular formula is C26H39NO4. The number of hydrogen-bond donors (Lipinski definition) is 1. The summed E-state index contributed by atoms with van der Waals surface area (Å²) in [6.45, 7) is 12.7. The number of likely N-dealkylation sites (N-methyl/N-ethyl adjacent to an activating group) is 1. The van der Waals surface area contributed by atoms with Crippen LogP contribution in [0.5, 0.6) is 0 Å². The van der Waals surface area contributed by atoms with E-state index in [9.17, 15) is 14.7 Å². The highest BCUT2D eigenvalue weighted by Gasteiger charge is 2.61. The van der Waals surface area contributed by atoms with E-state index in [1.54, 1.807) is 7.05 Å². The largest absolute Gasteiger partial charge is 0.511 e. The molecular weight excluding hydrogens is 390 g/mol. The second-order valence-corrected chi connectivity index (χ2v) is 11.0. The second kappa shape index (κ2) is 7.75. The van der Waals surface area contributed by atoms with Gasteiger partial charge in [0, 0.05) is 18.9 Å². The lowest BCUT2D eigenvalue weighted by Crippen LogP contribution is -2.45. The van der Waals surface area contributed by atoms with E-state index in [-0.39, 0.29) is 58.4 Å². The molecule has 10 atom stereocenters. The van der Waals surface area contributed by atoms with Crippen LogP contribution >= 0.6 is 0 Å². The third-order valence-corrected chi connectivity index (χ3v) is 9.03. The summed E-state index contributed by atoms with van der Waals surface area (Å²) in [5, 5.41) is 11.7. The number of ketones is 1. The summed E-state index contributed by atoms with van der Waals surface area (Å²) in [6.07, 6.45) is 7.62. The summed E-state index contributed by atoms with van der Waals surface area (Å²) in [7, 11) is 1.69. The number of likely N-dealkylation sites (tertiary alicyclic amines) is 1. The van der Waals surface area contributed by atoms with Crippen LogP contribution in [0.1, 0.15) is 60.8 Å². The minimum absolute atomic E-state index is 0.0160. The van der Waals surface area contributed by atoms with E-state index in [4.69, 9.17) is 4.74 Å². The SMILES string of the molecule is CCC(C)C1C(=O)/C(=C(\O)C2C3C(C)CC(C)CC3C=CC2C2(C)OC2C)C(=O)N1C. The van der Waals surface area contributed by atoms with E-state index in [1.165, 1.54) is 4.90 Å². The normalized spacial score (nSPS) is 47.4. The Morgan fingerprint density at radius 3 is 2.48 bits per heavy atom. The molecule has 2 aliphatic heterocycles. The van der Waals surface area contributed by atoms with Crippen molar-refractivity contribution in [1.29, 1.82) is 0 Å². The van der Waals surface area contributed by atoms with Gasteiger partial charge in [-0.05, 0) is 56.3 Å². The zero-order valence-electron chi connectivity index (χ0n) is 20.1. The first-order valence-corrected chi connectivity index (χ1v) is 12.1. The van der Waals surface area contributed by atoms with E-state index in [0.717, 1.165) is 19.3 Å². The summed E-state index contributed by atoms with van der Waals surface area (Å²) in [4.78, 5) is 28.1. The average Bonchev–Trinajstić information content (AvgIpc) is 3.26. The van der Waals surface area contributed by atoms with Crippen molar-refractivity contribution in [2.24, 2.45) is 41.4 Å². The number of rotatable bonds is 4. The standard InChI is InChI=1S/C26H39NO4/c1-8-14(3)22-24(29)21(25(30)27(22)7)23(28)20-18(26(6)16(5)31-26)10-9-17-12-13(2)11-15(4)19(17)20/h9-10,13-20,22,28H,8,11-12H2,1-7H3/b23-21+. The highest BCUT2D eigenvalue weighted by atomic mass is 16.6. The predicted octanol–water partition coefficient (Wildman–Crippen LogP) is 4.53. The number of hydrogen-bond acceptors (Lipinski definition) is 4. The molecule has 1 amide bonds. The van der Waals surface area contributed by atoms with Crippen LogP contribution in [-0.2, 0) is 14.3 Å². The number of allylic oxidation sites excluding steroid dienone is 2. The van der Waals surface area contributed by atoms with Gasteiger partial charge in [-0.2, -0.15) is 0 Å². The van der Waals surface area contributed by atoms with Gasteiger partial charge in [0.1, 0.15) is 11.3 Å². The Labute approximate surface area is 186 Å². The number of ether oxygens (including phenoxy) is 1. The van der Waals surface area contributed by atoms with Gasteiger partial charge in [-0.1, -0.05) is 46.3 Å². The smallest absolute Gasteiger partial charge is 0.261 e. The number of Topliss-reactive ketones (excluding diaryl/α,β-unsaturated/α-hetero) is 1. The fraction of sp³-hybridized carbons (Fsp3) is 0.769. The summed E-state index contributed by atoms with van der Waals surface area (Å²) in [6, 6.07) is -0.487. The Kier molecular flexibility index (Phi) is 5.65. The lowest BCUT2D eigenvalue weighted by atomic mass is 9.56. The molecule has 4 rings (SSSR count). The number of carbonyl (C=O) groups is 2. The third-order valence-electron chi connectivity index (χ3n) is 9.03. The molecule has 172 valence electrons. The van der Waals surface area contributed by atoms with Gasteiger partial charge in [0.05, 0.1) is 17.7 Å². The van der Waals surface area contributed by atoms with Crippen LogP contribution < -0.4 is 0 Å². The van der Waals surface area contributed by atoms with Crippen LogP contribution in [0, 0.1) is 41.4 Å². The Morgan fingerprint density at radius 1 is 1.26 bits per heavy atom. The molecule has 1 saturated carbocycles. The van der Waals surface area contributed by atoms with E-state index in [2.05, 4.69) is 39.8 Å². The molecule has 10 unspecified atom stereocenters. The molecule has 2 heterocycles. The van der Waals surface area contributed by atoms with Crippen molar-refractivity contribution in [3.63, 3.8) is 0 Å². The van der Waals surface area contributed by atoms with E-state index in [0.29, 0.717) is 17.8 Å². The molecule has 3 fully saturated rings. The minimum Gasteiger partial charge on any atom is -0.511 e. The Balaban J connectivity index is 1.81. The number of fused-ring (bicyclic) bond motifs is 1. The highest BCUT2D eigenvalue weighted by Crippen LogP contribution is 2.57. The molecule has 0 aromatic carbocycles. The predicted molar refractivity (Wildman–Crippen MR) is 120 cm³/mol. The first kappa shape index (κ1) is 22.6. The van der Waals surface area contributed by atoms with Crippen molar-refractivity contribution >= 4 is 11.7 Å². The molecule has 1 N–H and O–H groups in total. The monoisotopic (exact) mass is 429 g/mol. The molecule has 31 heavy (non-hydrogen) atoms. The van der Waals surface area contributed by atoms with Crippen LogP contribution in [0.2, 0.25) is 0 Å². The second-order valence-electron chi connectivity index (χ2n) is 11.0. The van der Waals surface area contributed by atoms with Crippen LogP contribution in [0.4, 0.5) is 0 Å². The fourth-order valence-electron chi connectivity index (χ4n) is 6.97. The first-order valence-electron chi connectivity index (χ1n) is 12.1. The zero-order valence-corrected chi connectivity index (χ0v) is 20.1. The maximum absolute atomic E-state index is 13.4. The maximum atomic E-state index is 13.4. The fourth-order valence-corrected chi connectivity index (χ4v) is 6.97. The van der Waals surface area contributed by atoms with Crippen molar-refractivity contribution < 1.29 is 19.4 Å². The van der Waals surface area contributed by atoms with Crippen LogP contribution in [0.3, 0.4) is 0 Å². The summed E-state index contributed by atoms with van der Waals surface area (Å²) < 4.78 is 6.01. The number of aliphatic hydroxyl groups excluding tert-OH is 1. The number of amides is 1. The molecule has 2 aliphatic carbocycles. The molecule has 0 aromatic heterocycles. The van der Waals surface area contributed by atoms with E-state index >= 15 is 0 Å². The average molecular weight is 430 g/mol. The number of nitrogens with zero attached hydrogens (tertiary/aromatic N) is 1. The van der Waals surface area contributed by atoms with Crippen LogP contribution in [0.25, 0.3) is 0 Å².